The molecular formula is C21H30N6O8. The minimum absolute atomic E-state index is 0.0521. The van der Waals surface area contributed by atoms with Gasteiger partial charge in [0.05, 0.1) is 12.5 Å². The summed E-state index contributed by atoms with van der Waals surface area (Å²) in [5, 5.41) is 25.3. The molecule has 11 N–H and O–H groups in total. The normalized spacial score (nSPS) is 14.0. The molecule has 14 heteroatoms. The molecule has 14 nitrogen and oxygen atoms in total. The first kappa shape index (κ1) is 28.8. The van der Waals surface area contributed by atoms with Crippen LogP contribution in [0.2, 0.25) is 0 Å². The number of carbonyl (C=O) groups is 6. The number of hydrogen-bond donors (Lipinski definition) is 8. The number of aromatic hydroxyl groups is 1. The molecule has 1 aromatic rings. The fraction of sp³-hybridized carbons (Fsp3) is 0.429. The summed E-state index contributed by atoms with van der Waals surface area (Å²) in [5.74, 6) is -5.69. The Bertz CT molecular complexity index is 952. The van der Waals surface area contributed by atoms with E-state index in [1.807, 2.05) is 0 Å². The lowest BCUT2D eigenvalue weighted by Gasteiger charge is -2.23. The van der Waals surface area contributed by atoms with Crippen LogP contribution >= 0.6 is 0 Å². The molecule has 192 valence electrons. The van der Waals surface area contributed by atoms with Crippen LogP contribution in [0.3, 0.4) is 0 Å². The number of amides is 5. The molecule has 1 rings (SSSR count). The first-order chi connectivity index (χ1) is 16.3. The van der Waals surface area contributed by atoms with Gasteiger partial charge >= 0.3 is 5.97 Å². The zero-order valence-electron chi connectivity index (χ0n) is 19.0. The molecule has 1 aromatic carbocycles. The van der Waals surface area contributed by atoms with Crippen LogP contribution < -0.4 is 33.2 Å². The van der Waals surface area contributed by atoms with E-state index in [4.69, 9.17) is 22.3 Å². The Kier molecular flexibility index (Phi) is 11.1. The third-order valence-corrected chi connectivity index (χ3v) is 4.81. The van der Waals surface area contributed by atoms with Crippen molar-refractivity contribution < 1.29 is 39.0 Å². The highest BCUT2D eigenvalue weighted by molar-refractivity contribution is 5.95. The number of phenols is 1. The SMILES string of the molecule is CC(NC(=O)C(N)Cc1ccc(O)cc1)C(=O)NC(CCC(N)=O)C(=O)NC(CC(N)=O)C(=O)O. The Hall–Kier alpha value is -4.20. The number of nitrogens with one attached hydrogen (secondary N) is 3. The quantitative estimate of drug-likeness (QED) is 0.130. The Morgan fingerprint density at radius 2 is 1.43 bits per heavy atom. The highest BCUT2D eigenvalue weighted by Crippen LogP contribution is 2.11. The number of phenolic OH excluding ortho intramolecular Hbond substituents is 1. The van der Waals surface area contributed by atoms with Crippen LogP contribution in [0, 0.1) is 0 Å². The van der Waals surface area contributed by atoms with E-state index < -0.39 is 66.1 Å². The van der Waals surface area contributed by atoms with Crippen LogP contribution in [0.5, 0.6) is 5.75 Å². The molecule has 0 saturated heterocycles. The van der Waals surface area contributed by atoms with Crippen molar-refractivity contribution in [3.05, 3.63) is 29.8 Å². The summed E-state index contributed by atoms with van der Waals surface area (Å²) in [5.41, 5.74) is 16.6. The van der Waals surface area contributed by atoms with Gasteiger partial charge in [0.25, 0.3) is 0 Å². The summed E-state index contributed by atoms with van der Waals surface area (Å²) >= 11 is 0. The highest BCUT2D eigenvalue weighted by atomic mass is 16.4. The van der Waals surface area contributed by atoms with E-state index in [-0.39, 0.29) is 25.0 Å². The fourth-order valence-corrected chi connectivity index (χ4v) is 2.89. The molecule has 0 bridgehead atoms. The van der Waals surface area contributed by atoms with E-state index in [1.54, 1.807) is 12.1 Å². The van der Waals surface area contributed by atoms with Crippen molar-refractivity contribution in [3.63, 3.8) is 0 Å². The van der Waals surface area contributed by atoms with E-state index >= 15 is 0 Å². The average Bonchev–Trinajstić information content (AvgIpc) is 2.76. The summed E-state index contributed by atoms with van der Waals surface area (Å²) in [7, 11) is 0. The van der Waals surface area contributed by atoms with Crippen molar-refractivity contribution in [2.24, 2.45) is 17.2 Å². The first-order valence-electron chi connectivity index (χ1n) is 10.5. The fourth-order valence-electron chi connectivity index (χ4n) is 2.89. The summed E-state index contributed by atoms with van der Waals surface area (Å²) < 4.78 is 0. The highest BCUT2D eigenvalue weighted by Gasteiger charge is 2.29. The van der Waals surface area contributed by atoms with Crippen LogP contribution in [-0.2, 0) is 35.2 Å². The van der Waals surface area contributed by atoms with Gasteiger partial charge in [-0.25, -0.2) is 4.79 Å². The standard InChI is InChI=1S/C21H30N6O8/c1-10(25-19(32)13(22)8-11-2-4-12(28)5-3-11)18(31)26-14(6-7-16(23)29)20(33)27-15(21(34)35)9-17(24)30/h2-5,10,13-15,28H,6-9,22H2,1H3,(H2,23,29)(H2,24,30)(H,25,32)(H,26,31)(H,27,33)(H,34,35). The van der Waals surface area contributed by atoms with Gasteiger partial charge in [-0.1, -0.05) is 12.1 Å². The topological polar surface area (TPSA) is 257 Å². The van der Waals surface area contributed by atoms with E-state index in [2.05, 4.69) is 16.0 Å². The summed E-state index contributed by atoms with van der Waals surface area (Å²) in [6.45, 7) is 1.33. The maximum atomic E-state index is 12.6. The van der Waals surface area contributed by atoms with Crippen molar-refractivity contribution in [2.75, 3.05) is 0 Å². The van der Waals surface area contributed by atoms with Crippen molar-refractivity contribution in [3.8, 4) is 5.75 Å². The van der Waals surface area contributed by atoms with Crippen molar-refractivity contribution in [2.45, 2.75) is 56.8 Å². The number of nitrogens with two attached hydrogens (primary N) is 3. The predicted molar refractivity (Wildman–Crippen MR) is 121 cm³/mol. The maximum absolute atomic E-state index is 12.6. The lowest BCUT2D eigenvalue weighted by molar-refractivity contribution is -0.144. The molecule has 0 aliphatic heterocycles. The third-order valence-electron chi connectivity index (χ3n) is 4.81. The number of benzene rings is 1. The monoisotopic (exact) mass is 494 g/mol. The average molecular weight is 495 g/mol. The molecule has 4 unspecified atom stereocenters. The van der Waals surface area contributed by atoms with Gasteiger partial charge in [0.1, 0.15) is 23.9 Å². The van der Waals surface area contributed by atoms with E-state index in [0.29, 0.717) is 5.56 Å². The molecular weight excluding hydrogens is 464 g/mol. The van der Waals surface area contributed by atoms with Gasteiger partial charge in [-0.05, 0) is 37.5 Å². The lowest BCUT2D eigenvalue weighted by atomic mass is 10.1. The zero-order valence-corrected chi connectivity index (χ0v) is 19.0. The predicted octanol–water partition coefficient (Wildman–Crippen LogP) is -3.04. The molecule has 0 saturated carbocycles. The Morgan fingerprint density at radius 3 is 1.94 bits per heavy atom. The second-order valence-electron chi connectivity index (χ2n) is 7.84. The van der Waals surface area contributed by atoms with Gasteiger partial charge in [0.2, 0.25) is 29.5 Å². The summed E-state index contributed by atoms with van der Waals surface area (Å²) in [4.78, 5) is 71.0. The first-order valence-corrected chi connectivity index (χ1v) is 10.5. The molecule has 0 aliphatic rings. The van der Waals surface area contributed by atoms with Gasteiger partial charge in [-0.3, -0.25) is 24.0 Å². The van der Waals surface area contributed by atoms with Crippen LogP contribution in [0.25, 0.3) is 0 Å². The van der Waals surface area contributed by atoms with E-state index in [0.717, 1.165) is 0 Å². The minimum atomic E-state index is -1.65. The van der Waals surface area contributed by atoms with Crippen molar-refractivity contribution >= 4 is 35.5 Å². The lowest BCUT2D eigenvalue weighted by Crippen LogP contribution is -2.56. The number of carbonyl (C=O) groups excluding carboxylic acids is 5. The molecule has 0 fully saturated rings. The third kappa shape index (κ3) is 10.5. The molecule has 4 atom stereocenters. The molecule has 35 heavy (non-hydrogen) atoms. The number of carboxylic acids is 1. The summed E-state index contributed by atoms with van der Waals surface area (Å²) in [6.07, 6.45) is -1.15. The van der Waals surface area contributed by atoms with E-state index in [9.17, 15) is 33.9 Å². The number of rotatable bonds is 14. The van der Waals surface area contributed by atoms with Crippen LogP contribution in [0.1, 0.15) is 31.7 Å². The van der Waals surface area contributed by atoms with Crippen LogP contribution in [0.15, 0.2) is 24.3 Å². The molecule has 0 aromatic heterocycles. The second kappa shape index (κ2) is 13.5. The minimum Gasteiger partial charge on any atom is -0.508 e. The number of aliphatic carboxylic acids is 1. The van der Waals surface area contributed by atoms with Crippen LogP contribution in [-0.4, -0.2) is 69.9 Å². The Labute approximate surface area is 200 Å². The molecule has 0 heterocycles. The van der Waals surface area contributed by atoms with Crippen molar-refractivity contribution in [1.29, 1.82) is 0 Å². The zero-order chi connectivity index (χ0) is 26.7. The number of hydrogen-bond acceptors (Lipinski definition) is 8. The maximum Gasteiger partial charge on any atom is 0.326 e. The molecule has 0 spiro atoms. The van der Waals surface area contributed by atoms with Gasteiger partial charge in [-0.15, -0.1) is 0 Å². The van der Waals surface area contributed by atoms with Gasteiger partial charge in [-0.2, -0.15) is 0 Å². The van der Waals surface area contributed by atoms with Gasteiger partial charge in [0.15, 0.2) is 0 Å². The molecule has 0 aliphatic carbocycles. The van der Waals surface area contributed by atoms with Crippen molar-refractivity contribution in [1.82, 2.24) is 16.0 Å². The number of primary amides is 2. The molecule has 0 radical (unpaired) electrons. The van der Waals surface area contributed by atoms with Gasteiger partial charge in [0, 0.05) is 6.42 Å². The second-order valence-corrected chi connectivity index (χ2v) is 7.84. The molecule has 5 amide bonds. The van der Waals surface area contributed by atoms with Crippen LogP contribution in [0.4, 0.5) is 0 Å². The number of carboxylic acid groups (broad SMARTS) is 1. The van der Waals surface area contributed by atoms with E-state index in [1.165, 1.54) is 19.1 Å². The smallest absolute Gasteiger partial charge is 0.326 e. The van der Waals surface area contributed by atoms with Gasteiger partial charge < -0.3 is 43.4 Å². The Balaban J connectivity index is 2.79. The Morgan fingerprint density at radius 1 is 0.857 bits per heavy atom. The largest absolute Gasteiger partial charge is 0.508 e. The summed E-state index contributed by atoms with van der Waals surface area (Å²) in [6, 6.07) is 0.827.